The number of rotatable bonds is 6. The SMILES string of the molecule is CCNC(=O)c1ccc(N)cc1NCC(=O)NC1CC1. The smallest absolute Gasteiger partial charge is 0.253 e. The molecular formula is C14H20N4O2. The summed E-state index contributed by atoms with van der Waals surface area (Å²) in [5.41, 5.74) is 7.33. The van der Waals surface area contributed by atoms with Gasteiger partial charge in [-0.1, -0.05) is 0 Å². The zero-order chi connectivity index (χ0) is 14.5. The Morgan fingerprint density at radius 1 is 1.35 bits per heavy atom. The molecule has 6 nitrogen and oxygen atoms in total. The second-order valence-corrected chi connectivity index (χ2v) is 4.86. The first-order chi connectivity index (χ1) is 9.60. The molecule has 5 N–H and O–H groups in total. The average molecular weight is 276 g/mol. The van der Waals surface area contributed by atoms with Gasteiger partial charge in [-0.2, -0.15) is 0 Å². The number of hydrogen-bond acceptors (Lipinski definition) is 4. The van der Waals surface area contributed by atoms with Crippen molar-refractivity contribution < 1.29 is 9.59 Å². The Morgan fingerprint density at radius 2 is 2.10 bits per heavy atom. The molecule has 6 heteroatoms. The topological polar surface area (TPSA) is 96.2 Å². The highest BCUT2D eigenvalue weighted by Gasteiger charge is 2.23. The van der Waals surface area contributed by atoms with Crippen molar-refractivity contribution in [2.24, 2.45) is 0 Å². The van der Waals surface area contributed by atoms with Crippen LogP contribution in [0.25, 0.3) is 0 Å². The van der Waals surface area contributed by atoms with Crippen molar-refractivity contribution >= 4 is 23.2 Å². The van der Waals surface area contributed by atoms with Crippen LogP contribution >= 0.6 is 0 Å². The van der Waals surface area contributed by atoms with Crippen LogP contribution in [0.2, 0.25) is 0 Å². The van der Waals surface area contributed by atoms with Crippen LogP contribution in [0.5, 0.6) is 0 Å². The van der Waals surface area contributed by atoms with Crippen molar-refractivity contribution in [1.82, 2.24) is 10.6 Å². The van der Waals surface area contributed by atoms with E-state index in [0.717, 1.165) is 12.8 Å². The van der Waals surface area contributed by atoms with Crippen molar-refractivity contribution in [2.45, 2.75) is 25.8 Å². The van der Waals surface area contributed by atoms with E-state index in [0.29, 0.717) is 29.5 Å². The highest BCUT2D eigenvalue weighted by molar-refractivity contribution is 6.00. The van der Waals surface area contributed by atoms with Gasteiger partial charge in [-0.05, 0) is 38.0 Å². The molecule has 0 radical (unpaired) electrons. The summed E-state index contributed by atoms with van der Waals surface area (Å²) in [5.74, 6) is -0.255. The summed E-state index contributed by atoms with van der Waals surface area (Å²) in [4.78, 5) is 23.6. The maximum absolute atomic E-state index is 11.9. The third-order valence-corrected chi connectivity index (χ3v) is 3.01. The minimum atomic E-state index is -0.183. The lowest BCUT2D eigenvalue weighted by Crippen LogP contribution is -2.32. The molecule has 0 atom stereocenters. The van der Waals surface area contributed by atoms with E-state index in [9.17, 15) is 9.59 Å². The van der Waals surface area contributed by atoms with Gasteiger partial charge in [0, 0.05) is 24.0 Å². The molecule has 1 aliphatic rings. The van der Waals surface area contributed by atoms with E-state index in [4.69, 9.17) is 5.73 Å². The van der Waals surface area contributed by atoms with Crippen molar-refractivity contribution in [3.8, 4) is 0 Å². The fourth-order valence-electron chi connectivity index (χ4n) is 1.84. The summed E-state index contributed by atoms with van der Waals surface area (Å²) in [7, 11) is 0. The van der Waals surface area contributed by atoms with Gasteiger partial charge < -0.3 is 21.7 Å². The number of amides is 2. The second kappa shape index (κ2) is 6.27. The molecule has 0 spiro atoms. The molecule has 2 amide bonds. The fourth-order valence-corrected chi connectivity index (χ4v) is 1.84. The number of nitrogens with two attached hydrogens (primary N) is 1. The number of carbonyl (C=O) groups is 2. The zero-order valence-electron chi connectivity index (χ0n) is 11.5. The third-order valence-electron chi connectivity index (χ3n) is 3.01. The Balaban J connectivity index is 2.02. The van der Waals surface area contributed by atoms with Gasteiger partial charge in [0.15, 0.2) is 0 Å². The lowest BCUT2D eigenvalue weighted by atomic mass is 10.1. The van der Waals surface area contributed by atoms with Crippen LogP contribution in [0.15, 0.2) is 18.2 Å². The number of nitrogen functional groups attached to an aromatic ring is 1. The molecule has 1 aromatic carbocycles. The van der Waals surface area contributed by atoms with Gasteiger partial charge in [0.2, 0.25) is 5.91 Å². The van der Waals surface area contributed by atoms with Crippen LogP contribution < -0.4 is 21.7 Å². The largest absolute Gasteiger partial charge is 0.399 e. The van der Waals surface area contributed by atoms with Crippen LogP contribution in [-0.2, 0) is 4.79 Å². The normalized spacial score (nSPS) is 13.7. The third kappa shape index (κ3) is 3.88. The molecule has 1 saturated carbocycles. The van der Waals surface area contributed by atoms with Gasteiger partial charge in [0.05, 0.1) is 12.1 Å². The first-order valence-corrected chi connectivity index (χ1v) is 6.81. The molecule has 20 heavy (non-hydrogen) atoms. The molecule has 0 aromatic heterocycles. The second-order valence-electron chi connectivity index (χ2n) is 4.86. The molecule has 0 saturated heterocycles. The quantitative estimate of drug-likeness (QED) is 0.575. The molecule has 108 valence electrons. The van der Waals surface area contributed by atoms with Crippen molar-refractivity contribution in [1.29, 1.82) is 0 Å². The predicted octanol–water partition coefficient (Wildman–Crippen LogP) is 0.709. The van der Waals surface area contributed by atoms with Gasteiger partial charge >= 0.3 is 0 Å². The summed E-state index contributed by atoms with van der Waals surface area (Å²) in [6.45, 7) is 2.53. The summed E-state index contributed by atoms with van der Waals surface area (Å²) in [5, 5.41) is 8.58. The van der Waals surface area contributed by atoms with Gasteiger partial charge in [0.25, 0.3) is 5.91 Å². The number of nitrogens with one attached hydrogen (secondary N) is 3. The molecule has 2 rings (SSSR count). The van der Waals surface area contributed by atoms with E-state index in [1.807, 2.05) is 6.92 Å². The number of anilines is 2. The van der Waals surface area contributed by atoms with Crippen LogP contribution in [0.4, 0.5) is 11.4 Å². The Kier molecular flexibility index (Phi) is 4.45. The summed E-state index contributed by atoms with van der Waals surface area (Å²) < 4.78 is 0. The lowest BCUT2D eigenvalue weighted by Gasteiger charge is -2.12. The van der Waals surface area contributed by atoms with Crippen LogP contribution in [0.1, 0.15) is 30.1 Å². The molecule has 0 bridgehead atoms. The van der Waals surface area contributed by atoms with E-state index < -0.39 is 0 Å². The Bertz CT molecular complexity index is 512. The minimum absolute atomic E-state index is 0.0724. The average Bonchev–Trinajstić information content (AvgIpc) is 3.20. The molecular weight excluding hydrogens is 256 g/mol. The Labute approximate surface area is 118 Å². The fraction of sp³-hybridized carbons (Fsp3) is 0.429. The summed E-state index contributed by atoms with van der Waals surface area (Å²) >= 11 is 0. The zero-order valence-corrected chi connectivity index (χ0v) is 11.5. The first-order valence-electron chi connectivity index (χ1n) is 6.81. The maximum atomic E-state index is 11.9. The summed E-state index contributed by atoms with van der Waals surface area (Å²) in [6, 6.07) is 5.31. The lowest BCUT2D eigenvalue weighted by molar-refractivity contribution is -0.119. The summed E-state index contributed by atoms with van der Waals surface area (Å²) in [6.07, 6.45) is 2.10. The van der Waals surface area contributed by atoms with Gasteiger partial charge in [-0.3, -0.25) is 9.59 Å². The number of carbonyl (C=O) groups excluding carboxylic acids is 2. The standard InChI is InChI=1S/C14H20N4O2/c1-2-16-14(20)11-6-3-9(15)7-12(11)17-8-13(19)18-10-4-5-10/h3,6-7,10,17H,2,4-5,8,15H2,1H3,(H,16,20)(H,18,19). The van der Waals surface area contributed by atoms with Crippen LogP contribution in [0.3, 0.4) is 0 Å². The van der Waals surface area contributed by atoms with Gasteiger partial charge in [0.1, 0.15) is 0 Å². The van der Waals surface area contributed by atoms with Crippen LogP contribution in [0, 0.1) is 0 Å². The molecule has 0 heterocycles. The van der Waals surface area contributed by atoms with E-state index in [-0.39, 0.29) is 18.4 Å². The van der Waals surface area contributed by atoms with E-state index in [2.05, 4.69) is 16.0 Å². The first kappa shape index (κ1) is 14.2. The predicted molar refractivity (Wildman–Crippen MR) is 78.5 cm³/mol. The van der Waals surface area contributed by atoms with Gasteiger partial charge in [-0.15, -0.1) is 0 Å². The Morgan fingerprint density at radius 3 is 2.75 bits per heavy atom. The molecule has 1 aromatic rings. The Hall–Kier alpha value is -2.24. The minimum Gasteiger partial charge on any atom is -0.399 e. The number of benzene rings is 1. The van der Waals surface area contributed by atoms with Crippen LogP contribution in [-0.4, -0.2) is 30.9 Å². The highest BCUT2D eigenvalue weighted by atomic mass is 16.2. The van der Waals surface area contributed by atoms with Crippen molar-refractivity contribution in [3.05, 3.63) is 23.8 Å². The van der Waals surface area contributed by atoms with Crippen molar-refractivity contribution in [3.63, 3.8) is 0 Å². The highest BCUT2D eigenvalue weighted by Crippen LogP contribution is 2.20. The van der Waals surface area contributed by atoms with Gasteiger partial charge in [-0.25, -0.2) is 0 Å². The van der Waals surface area contributed by atoms with Crippen molar-refractivity contribution in [2.75, 3.05) is 24.1 Å². The molecule has 1 fully saturated rings. The van der Waals surface area contributed by atoms with E-state index >= 15 is 0 Å². The number of hydrogen-bond donors (Lipinski definition) is 4. The molecule has 0 aliphatic heterocycles. The molecule has 0 unspecified atom stereocenters. The van der Waals surface area contributed by atoms with E-state index in [1.54, 1.807) is 18.2 Å². The maximum Gasteiger partial charge on any atom is 0.253 e. The molecule has 1 aliphatic carbocycles. The van der Waals surface area contributed by atoms with E-state index in [1.165, 1.54) is 0 Å². The monoisotopic (exact) mass is 276 g/mol.